The second-order valence-electron chi connectivity index (χ2n) is 17.4. The van der Waals surface area contributed by atoms with Crippen LogP contribution in [0.25, 0.3) is 22.3 Å². The van der Waals surface area contributed by atoms with Gasteiger partial charge in [-0.15, -0.1) is 17.9 Å². The van der Waals surface area contributed by atoms with Gasteiger partial charge in [-0.05, 0) is 68.9 Å². The van der Waals surface area contributed by atoms with Crippen LogP contribution < -0.4 is 25.4 Å². The number of nitrogens with one attached hydrogen (secondary N) is 3. The van der Waals surface area contributed by atoms with Crippen molar-refractivity contribution in [3.63, 3.8) is 0 Å². The van der Waals surface area contributed by atoms with Gasteiger partial charge in [-0.3, -0.25) is 9.59 Å². The highest BCUT2D eigenvalue weighted by Gasteiger charge is 2.61. The summed E-state index contributed by atoms with van der Waals surface area (Å²) in [4.78, 5) is 65.7. The Morgan fingerprint density at radius 1 is 1.05 bits per heavy atom. The van der Waals surface area contributed by atoms with E-state index in [1.807, 2.05) is 58.2 Å². The lowest BCUT2D eigenvalue weighted by Crippen LogP contribution is -2.59. The maximum absolute atomic E-state index is 14.7. The van der Waals surface area contributed by atoms with E-state index in [0.29, 0.717) is 58.8 Å². The van der Waals surface area contributed by atoms with Crippen molar-refractivity contribution in [2.45, 2.75) is 103 Å². The quantitative estimate of drug-likeness (QED) is 0.103. The van der Waals surface area contributed by atoms with Crippen molar-refractivity contribution in [1.82, 2.24) is 25.5 Å². The van der Waals surface area contributed by atoms with E-state index in [4.69, 9.17) is 28.9 Å². The Labute approximate surface area is 342 Å². The van der Waals surface area contributed by atoms with Crippen LogP contribution in [0.2, 0.25) is 0 Å². The molecule has 1 aliphatic heterocycles. The Bertz CT molecular complexity index is 2060. The van der Waals surface area contributed by atoms with E-state index in [-0.39, 0.29) is 31.5 Å². The summed E-state index contributed by atoms with van der Waals surface area (Å²) in [5.74, 6) is -0.521. The highest BCUT2D eigenvalue weighted by atomic mass is 32.1. The molecule has 0 bridgehead atoms. The third-order valence-electron chi connectivity index (χ3n) is 11.5. The van der Waals surface area contributed by atoms with Crippen LogP contribution >= 0.6 is 11.3 Å². The van der Waals surface area contributed by atoms with Crippen LogP contribution in [0, 0.1) is 23.2 Å². The molecule has 3 aromatic rings. The van der Waals surface area contributed by atoms with E-state index in [2.05, 4.69) is 22.5 Å². The molecule has 4 aliphatic rings. The number of alkyl carbamates (subject to hydrolysis) is 1. The number of methoxy groups -OCH3 is 1. The summed E-state index contributed by atoms with van der Waals surface area (Å²) in [6, 6.07) is 5.26. The molecule has 7 rings (SSSR count). The normalized spacial score (nSPS) is 26.4. The van der Waals surface area contributed by atoms with Crippen LogP contribution in [0.15, 0.2) is 42.3 Å². The Balaban J connectivity index is 1.19. The number of rotatable bonds is 16. The van der Waals surface area contributed by atoms with E-state index in [9.17, 15) is 24.3 Å². The number of anilines is 1. The fourth-order valence-electron chi connectivity index (χ4n) is 8.19. The number of carboxylic acid groups (broad SMARTS) is 1. The van der Waals surface area contributed by atoms with Crippen LogP contribution in [0.4, 0.5) is 9.93 Å². The third-order valence-corrected chi connectivity index (χ3v) is 12.3. The number of hydrogen-bond acceptors (Lipinski definition) is 12. The van der Waals surface area contributed by atoms with Crippen molar-refractivity contribution >= 4 is 51.2 Å². The average Bonchev–Trinajstić information content (AvgIpc) is 3.83. The fourth-order valence-corrected chi connectivity index (χ4v) is 9.04. The monoisotopic (exact) mass is 818 g/mol. The van der Waals surface area contributed by atoms with E-state index in [1.54, 1.807) is 13.2 Å². The summed E-state index contributed by atoms with van der Waals surface area (Å²) in [7, 11) is 1.60. The molecule has 3 saturated carbocycles. The molecule has 3 amide bonds. The van der Waals surface area contributed by atoms with E-state index in [1.165, 1.54) is 28.7 Å². The van der Waals surface area contributed by atoms with Gasteiger partial charge in [0.15, 0.2) is 5.13 Å². The van der Waals surface area contributed by atoms with Gasteiger partial charge in [-0.1, -0.05) is 26.8 Å². The van der Waals surface area contributed by atoms with Crippen molar-refractivity contribution in [3.05, 3.63) is 42.3 Å². The van der Waals surface area contributed by atoms with Gasteiger partial charge in [0, 0.05) is 48.4 Å². The molecule has 58 heavy (non-hydrogen) atoms. The lowest BCUT2D eigenvalue weighted by atomic mass is 9.85. The van der Waals surface area contributed by atoms with Gasteiger partial charge in [-0.2, -0.15) is 0 Å². The lowest BCUT2D eigenvalue weighted by molar-refractivity contribution is -0.146. The largest absolute Gasteiger partial charge is 0.491 e. The average molecular weight is 819 g/mol. The molecule has 16 heteroatoms. The SMILES string of the molecule is C=CC1C[C@]1(NC(=O)[C@@H]1CC(Oc2cc(-c3csc(NC(C)C)n3)nc3cc(OCCOC)ccc23)CN1C(=O)[C@@H](NC(=O)O[C@@H]1C[C@@H]2C[C@@H]2C1)C(C)(C)C)C(=O)O. The molecular formula is C42H54N6O9S. The number of aromatic nitrogens is 2. The lowest BCUT2D eigenvalue weighted by Gasteiger charge is -2.35. The minimum Gasteiger partial charge on any atom is -0.491 e. The maximum atomic E-state index is 14.7. The van der Waals surface area contributed by atoms with Gasteiger partial charge >= 0.3 is 12.1 Å². The van der Waals surface area contributed by atoms with E-state index in [0.717, 1.165) is 18.0 Å². The molecule has 0 radical (unpaired) electrons. The third kappa shape index (κ3) is 8.87. The van der Waals surface area contributed by atoms with Gasteiger partial charge in [0.25, 0.3) is 0 Å². The second-order valence-corrected chi connectivity index (χ2v) is 18.2. The first-order valence-corrected chi connectivity index (χ1v) is 20.9. The first kappa shape index (κ1) is 41.2. The molecule has 4 fully saturated rings. The summed E-state index contributed by atoms with van der Waals surface area (Å²) in [6.07, 6.45) is 2.98. The molecule has 1 aromatic carbocycles. The zero-order valence-corrected chi connectivity index (χ0v) is 34.7. The summed E-state index contributed by atoms with van der Waals surface area (Å²) in [5.41, 5.74) is -0.539. The minimum absolute atomic E-state index is 0.0201. The Kier molecular flexibility index (Phi) is 11.6. The molecule has 2 aromatic heterocycles. The van der Waals surface area contributed by atoms with Crippen molar-refractivity contribution in [3.8, 4) is 22.9 Å². The standard InChI is InChI=1S/C42H54N6O9S/c1-8-25-19-42(25,38(51)52)47-36(49)33-17-28(20-48(33)37(50)35(41(4,5)6)46-40(53)57-27-14-23-13-24(23)15-27)56-34-18-31(32-21-58-39(45-32)43-22(2)3)44-30-16-26(9-10-29(30)34)55-12-11-54-7/h8-10,16,18,21-25,27-28,33,35H,1,11-15,17,19-20H2,2-7H3,(H,43,45)(H,46,53)(H,47,49)(H,51,52)/t23-,24+,25?,27+,28?,33-,35+,42+/m0/s1. The topological polar surface area (TPSA) is 191 Å². The fraction of sp³-hybridized carbons (Fsp3) is 0.571. The number of benzene rings is 1. The van der Waals surface area contributed by atoms with Crippen molar-refractivity contribution in [1.29, 1.82) is 0 Å². The van der Waals surface area contributed by atoms with Crippen LogP contribution in [0.3, 0.4) is 0 Å². The van der Waals surface area contributed by atoms with Gasteiger partial charge in [0.1, 0.15) is 53.6 Å². The Hall–Kier alpha value is -4.96. The summed E-state index contributed by atoms with van der Waals surface area (Å²) in [5, 5.41) is 22.3. The van der Waals surface area contributed by atoms with Crippen molar-refractivity contribution in [2.75, 3.05) is 32.2 Å². The number of carboxylic acids is 1. The van der Waals surface area contributed by atoms with Crippen molar-refractivity contribution in [2.24, 2.45) is 23.2 Å². The number of carbonyl (C=O) groups is 4. The molecule has 1 saturated heterocycles. The number of likely N-dealkylation sites (tertiary alicyclic amines) is 1. The number of pyridine rings is 1. The molecule has 3 aliphatic carbocycles. The first-order valence-electron chi connectivity index (χ1n) is 20.0. The first-order chi connectivity index (χ1) is 27.6. The summed E-state index contributed by atoms with van der Waals surface area (Å²) in [6.45, 7) is 14.0. The summed E-state index contributed by atoms with van der Waals surface area (Å²) >= 11 is 1.46. The minimum atomic E-state index is -1.52. The van der Waals surface area contributed by atoms with Crippen LogP contribution in [0.1, 0.15) is 66.7 Å². The zero-order valence-electron chi connectivity index (χ0n) is 33.9. The number of nitrogens with zero attached hydrogens (tertiary/aromatic N) is 3. The molecule has 8 atom stereocenters. The number of amides is 3. The molecule has 312 valence electrons. The van der Waals surface area contributed by atoms with Crippen LogP contribution in [-0.4, -0.2) is 107 Å². The van der Waals surface area contributed by atoms with Crippen LogP contribution in [-0.2, 0) is 23.9 Å². The van der Waals surface area contributed by atoms with Gasteiger partial charge in [0.2, 0.25) is 11.8 Å². The van der Waals surface area contributed by atoms with Crippen LogP contribution in [0.5, 0.6) is 11.5 Å². The number of thiazole rings is 1. The van der Waals surface area contributed by atoms with Crippen molar-refractivity contribution < 1.29 is 43.2 Å². The Morgan fingerprint density at radius 3 is 2.47 bits per heavy atom. The number of aliphatic carboxylic acids is 1. The highest BCUT2D eigenvalue weighted by Crippen LogP contribution is 2.52. The molecule has 3 heterocycles. The maximum Gasteiger partial charge on any atom is 0.408 e. The van der Waals surface area contributed by atoms with E-state index >= 15 is 0 Å². The number of carbonyl (C=O) groups excluding carboxylic acids is 3. The predicted molar refractivity (Wildman–Crippen MR) is 218 cm³/mol. The predicted octanol–water partition coefficient (Wildman–Crippen LogP) is 5.64. The molecule has 15 nitrogen and oxygen atoms in total. The Morgan fingerprint density at radius 2 is 1.81 bits per heavy atom. The second kappa shape index (κ2) is 16.4. The number of fused-ring (bicyclic) bond motifs is 2. The van der Waals surface area contributed by atoms with Gasteiger partial charge in [0.05, 0.1) is 24.4 Å². The number of ether oxygens (including phenoxy) is 4. The molecular weight excluding hydrogens is 765 g/mol. The van der Waals surface area contributed by atoms with Gasteiger partial charge in [-0.25, -0.2) is 19.6 Å². The highest BCUT2D eigenvalue weighted by molar-refractivity contribution is 7.14. The smallest absolute Gasteiger partial charge is 0.408 e. The molecule has 4 N–H and O–H groups in total. The summed E-state index contributed by atoms with van der Waals surface area (Å²) < 4.78 is 23.6. The molecule has 2 unspecified atom stereocenters. The number of hydrogen-bond donors (Lipinski definition) is 4. The molecule has 0 spiro atoms. The van der Waals surface area contributed by atoms with Gasteiger partial charge < -0.3 is 44.9 Å². The van der Waals surface area contributed by atoms with E-state index < -0.39 is 58.9 Å². The zero-order chi connectivity index (χ0) is 41.5.